The van der Waals surface area contributed by atoms with E-state index in [9.17, 15) is 0 Å². The second-order valence-electron chi connectivity index (χ2n) is 3.33. The fourth-order valence-electron chi connectivity index (χ4n) is 1.16. The van der Waals surface area contributed by atoms with E-state index in [0.717, 1.165) is 11.5 Å². The van der Waals surface area contributed by atoms with Crippen LogP contribution in [0.25, 0.3) is 0 Å². The molecule has 1 heterocycles. The molecule has 0 aliphatic carbocycles. The Morgan fingerprint density at radius 2 is 2.31 bits per heavy atom. The first-order valence-electron chi connectivity index (χ1n) is 4.34. The van der Waals surface area contributed by atoms with E-state index in [0.29, 0.717) is 12.5 Å². The molecule has 4 heteroatoms. The molecule has 1 aromatic rings. The first-order chi connectivity index (χ1) is 6.10. The van der Waals surface area contributed by atoms with Crippen LogP contribution in [0.4, 0.5) is 0 Å². The van der Waals surface area contributed by atoms with Gasteiger partial charge in [0.25, 0.3) is 0 Å². The molecular formula is C9H15ClN2O. The summed E-state index contributed by atoms with van der Waals surface area (Å²) in [4.78, 5) is 7.33. The Morgan fingerprint density at radius 3 is 2.77 bits per heavy atom. The minimum atomic E-state index is -0.362. The van der Waals surface area contributed by atoms with Gasteiger partial charge in [0.15, 0.2) is 0 Å². The van der Waals surface area contributed by atoms with Gasteiger partial charge in [0.2, 0.25) is 0 Å². The van der Waals surface area contributed by atoms with Crippen LogP contribution in [0.5, 0.6) is 0 Å². The average Bonchev–Trinajstić information content (AvgIpc) is 2.52. The molecule has 0 spiro atoms. The highest BCUT2D eigenvalue weighted by Crippen LogP contribution is 2.21. The fraction of sp³-hybridized carbons (Fsp3) is 0.667. The van der Waals surface area contributed by atoms with Gasteiger partial charge in [0, 0.05) is 18.5 Å². The summed E-state index contributed by atoms with van der Waals surface area (Å²) in [5.74, 6) is 1.28. The molecule has 0 saturated heterocycles. The second kappa shape index (κ2) is 4.11. The van der Waals surface area contributed by atoms with Gasteiger partial charge in [-0.1, -0.05) is 0 Å². The number of hydrogen-bond donors (Lipinski definition) is 1. The van der Waals surface area contributed by atoms with E-state index in [-0.39, 0.29) is 5.60 Å². The largest absolute Gasteiger partial charge is 0.368 e. The molecule has 0 fully saturated rings. The normalized spacial score (nSPS) is 12.0. The van der Waals surface area contributed by atoms with Crippen LogP contribution >= 0.6 is 11.6 Å². The highest BCUT2D eigenvalue weighted by molar-refractivity contribution is 6.16. The van der Waals surface area contributed by atoms with Crippen LogP contribution in [0, 0.1) is 0 Å². The van der Waals surface area contributed by atoms with E-state index in [2.05, 4.69) is 9.97 Å². The summed E-state index contributed by atoms with van der Waals surface area (Å²) in [7, 11) is 0. The van der Waals surface area contributed by atoms with Crippen molar-refractivity contribution in [1.82, 2.24) is 9.97 Å². The summed E-state index contributed by atoms with van der Waals surface area (Å²) >= 11 is 5.66. The van der Waals surface area contributed by atoms with E-state index >= 15 is 0 Å². The van der Waals surface area contributed by atoms with Gasteiger partial charge in [-0.25, -0.2) is 4.98 Å². The average molecular weight is 203 g/mol. The quantitative estimate of drug-likeness (QED) is 0.762. The maximum atomic E-state index is 5.66. The van der Waals surface area contributed by atoms with Gasteiger partial charge in [0.1, 0.15) is 11.4 Å². The number of ether oxygens (including phenoxy) is 1. The number of alkyl halides is 1. The molecule has 1 N–H and O–H groups in total. The van der Waals surface area contributed by atoms with Crippen LogP contribution in [-0.4, -0.2) is 16.6 Å². The highest BCUT2D eigenvalue weighted by Gasteiger charge is 2.23. The SMILES string of the molecule is CCOC(C)(C)c1ncc(CCl)[nH]1. The summed E-state index contributed by atoms with van der Waals surface area (Å²) in [5, 5.41) is 0. The second-order valence-corrected chi connectivity index (χ2v) is 3.60. The van der Waals surface area contributed by atoms with E-state index in [4.69, 9.17) is 16.3 Å². The highest BCUT2D eigenvalue weighted by atomic mass is 35.5. The van der Waals surface area contributed by atoms with Gasteiger partial charge in [-0.2, -0.15) is 0 Å². The first kappa shape index (κ1) is 10.5. The van der Waals surface area contributed by atoms with E-state index in [1.54, 1.807) is 6.20 Å². The number of hydrogen-bond acceptors (Lipinski definition) is 2. The summed E-state index contributed by atoms with van der Waals surface area (Å²) < 4.78 is 5.54. The molecule has 1 rings (SSSR count). The fourth-order valence-corrected chi connectivity index (χ4v) is 1.30. The maximum absolute atomic E-state index is 5.66. The van der Waals surface area contributed by atoms with Gasteiger partial charge in [-0.3, -0.25) is 0 Å². The molecule has 13 heavy (non-hydrogen) atoms. The zero-order valence-electron chi connectivity index (χ0n) is 8.22. The maximum Gasteiger partial charge on any atom is 0.138 e. The zero-order chi connectivity index (χ0) is 9.90. The lowest BCUT2D eigenvalue weighted by molar-refractivity contribution is -0.0202. The predicted octanol–water partition coefficient (Wildman–Crippen LogP) is 2.42. The van der Waals surface area contributed by atoms with Crippen molar-refractivity contribution in [3.05, 3.63) is 17.7 Å². The predicted molar refractivity (Wildman–Crippen MR) is 52.8 cm³/mol. The molecular weight excluding hydrogens is 188 g/mol. The number of nitrogens with one attached hydrogen (secondary N) is 1. The van der Waals surface area contributed by atoms with Crippen LogP contribution in [0.3, 0.4) is 0 Å². The molecule has 74 valence electrons. The monoisotopic (exact) mass is 202 g/mol. The van der Waals surface area contributed by atoms with Crippen molar-refractivity contribution in [2.45, 2.75) is 32.3 Å². The van der Waals surface area contributed by atoms with Crippen molar-refractivity contribution in [2.24, 2.45) is 0 Å². The Morgan fingerprint density at radius 1 is 1.62 bits per heavy atom. The van der Waals surface area contributed by atoms with Crippen molar-refractivity contribution in [1.29, 1.82) is 0 Å². The number of aromatic nitrogens is 2. The number of imidazole rings is 1. The van der Waals surface area contributed by atoms with E-state index < -0.39 is 0 Å². The lowest BCUT2D eigenvalue weighted by atomic mass is 10.1. The van der Waals surface area contributed by atoms with Crippen LogP contribution in [0.1, 0.15) is 32.3 Å². The van der Waals surface area contributed by atoms with Crippen molar-refractivity contribution >= 4 is 11.6 Å². The van der Waals surface area contributed by atoms with E-state index in [1.165, 1.54) is 0 Å². The van der Waals surface area contributed by atoms with Crippen molar-refractivity contribution in [3.8, 4) is 0 Å². The summed E-state index contributed by atoms with van der Waals surface area (Å²) in [6, 6.07) is 0. The summed E-state index contributed by atoms with van der Waals surface area (Å²) in [6.45, 7) is 6.59. The smallest absolute Gasteiger partial charge is 0.138 e. The van der Waals surface area contributed by atoms with Gasteiger partial charge in [-0.05, 0) is 20.8 Å². The van der Waals surface area contributed by atoms with Crippen LogP contribution in [0.15, 0.2) is 6.20 Å². The third kappa shape index (κ3) is 2.45. The standard InChI is InChI=1S/C9H15ClN2O/c1-4-13-9(2,3)8-11-6-7(5-10)12-8/h6H,4-5H2,1-3H3,(H,11,12). The number of halogens is 1. The third-order valence-electron chi connectivity index (χ3n) is 1.85. The minimum absolute atomic E-state index is 0.362. The minimum Gasteiger partial charge on any atom is -0.368 e. The number of rotatable bonds is 4. The Balaban J connectivity index is 2.80. The molecule has 0 bridgehead atoms. The third-order valence-corrected chi connectivity index (χ3v) is 2.14. The van der Waals surface area contributed by atoms with Gasteiger partial charge < -0.3 is 9.72 Å². The van der Waals surface area contributed by atoms with Crippen molar-refractivity contribution in [2.75, 3.05) is 6.61 Å². The Kier molecular flexibility index (Phi) is 3.33. The lowest BCUT2D eigenvalue weighted by Crippen LogP contribution is -2.23. The van der Waals surface area contributed by atoms with Gasteiger partial charge >= 0.3 is 0 Å². The van der Waals surface area contributed by atoms with Crippen LogP contribution < -0.4 is 0 Å². The van der Waals surface area contributed by atoms with Crippen molar-refractivity contribution in [3.63, 3.8) is 0 Å². The number of aromatic amines is 1. The van der Waals surface area contributed by atoms with Gasteiger partial charge in [-0.15, -0.1) is 11.6 Å². The molecule has 0 aromatic carbocycles. The number of H-pyrrole nitrogens is 1. The molecule has 0 amide bonds. The molecule has 1 aromatic heterocycles. The number of nitrogens with zero attached hydrogens (tertiary/aromatic N) is 1. The van der Waals surface area contributed by atoms with E-state index in [1.807, 2.05) is 20.8 Å². The Labute approximate surface area is 83.5 Å². The molecule has 3 nitrogen and oxygen atoms in total. The zero-order valence-corrected chi connectivity index (χ0v) is 8.98. The van der Waals surface area contributed by atoms with Crippen LogP contribution in [0.2, 0.25) is 0 Å². The van der Waals surface area contributed by atoms with Crippen molar-refractivity contribution < 1.29 is 4.74 Å². The summed E-state index contributed by atoms with van der Waals surface area (Å²) in [6.07, 6.45) is 1.74. The molecule has 0 aliphatic rings. The first-order valence-corrected chi connectivity index (χ1v) is 4.88. The molecule has 0 saturated carbocycles. The Bertz CT molecular complexity index is 270. The molecule has 0 aliphatic heterocycles. The molecule has 0 radical (unpaired) electrons. The molecule has 0 atom stereocenters. The topological polar surface area (TPSA) is 37.9 Å². The molecule has 0 unspecified atom stereocenters. The van der Waals surface area contributed by atoms with Crippen LogP contribution in [-0.2, 0) is 16.2 Å². The van der Waals surface area contributed by atoms with Gasteiger partial charge in [0.05, 0.1) is 5.88 Å². The Hall–Kier alpha value is -0.540. The summed E-state index contributed by atoms with van der Waals surface area (Å²) in [5.41, 5.74) is 0.559. The lowest BCUT2D eigenvalue weighted by Gasteiger charge is -2.21.